The van der Waals surface area contributed by atoms with Crippen molar-refractivity contribution in [1.29, 1.82) is 0 Å². The van der Waals surface area contributed by atoms with E-state index in [0.717, 1.165) is 18.2 Å². The Balaban J connectivity index is 2.11. The third kappa shape index (κ3) is 3.16. The minimum absolute atomic E-state index is 0.259. The normalized spacial score (nSPS) is 28.6. The molecule has 1 aliphatic rings. The number of aromatic nitrogens is 3. The lowest BCUT2D eigenvalue weighted by molar-refractivity contribution is 0.0955. The highest BCUT2D eigenvalue weighted by Gasteiger charge is 2.38. The standard InChI is InChI=1S/C15H28N4/c1-11-6-7-12(13(8-11)16-4)15(2,3)9-14-17-10-18-19(14)5/h10-13,16H,6-9H2,1-5H3. The van der Waals surface area contributed by atoms with Gasteiger partial charge in [0.1, 0.15) is 12.2 Å². The minimum atomic E-state index is 0.259. The van der Waals surface area contributed by atoms with Crippen LogP contribution < -0.4 is 5.32 Å². The highest BCUT2D eigenvalue weighted by Crippen LogP contribution is 2.41. The van der Waals surface area contributed by atoms with Crippen molar-refractivity contribution in [2.24, 2.45) is 24.3 Å². The van der Waals surface area contributed by atoms with E-state index in [1.165, 1.54) is 19.3 Å². The second-order valence-corrected chi connectivity index (χ2v) is 6.89. The fourth-order valence-electron chi connectivity index (χ4n) is 3.65. The van der Waals surface area contributed by atoms with Crippen LogP contribution >= 0.6 is 0 Å². The molecule has 1 aromatic heterocycles. The van der Waals surface area contributed by atoms with E-state index in [2.05, 4.69) is 43.2 Å². The molecule has 0 aromatic carbocycles. The Labute approximate surface area is 117 Å². The zero-order valence-corrected chi connectivity index (χ0v) is 13.0. The van der Waals surface area contributed by atoms with Crippen molar-refractivity contribution in [2.45, 2.75) is 52.5 Å². The number of nitrogens with zero attached hydrogens (tertiary/aromatic N) is 3. The van der Waals surface area contributed by atoms with Gasteiger partial charge in [0.2, 0.25) is 0 Å². The summed E-state index contributed by atoms with van der Waals surface area (Å²) in [6.45, 7) is 7.13. The SMILES string of the molecule is CNC1CC(C)CCC1C(C)(C)Cc1ncnn1C. The molecular formula is C15H28N4. The van der Waals surface area contributed by atoms with E-state index in [9.17, 15) is 0 Å². The van der Waals surface area contributed by atoms with Gasteiger partial charge < -0.3 is 5.32 Å². The monoisotopic (exact) mass is 264 g/mol. The molecule has 4 heteroatoms. The second-order valence-electron chi connectivity index (χ2n) is 6.89. The smallest absolute Gasteiger partial charge is 0.138 e. The van der Waals surface area contributed by atoms with Crippen molar-refractivity contribution in [3.63, 3.8) is 0 Å². The third-order valence-electron chi connectivity index (χ3n) is 4.91. The van der Waals surface area contributed by atoms with Gasteiger partial charge in [0.05, 0.1) is 0 Å². The first-order valence-corrected chi connectivity index (χ1v) is 7.44. The van der Waals surface area contributed by atoms with Crippen molar-refractivity contribution in [3.8, 4) is 0 Å². The Bertz CT molecular complexity index is 410. The Morgan fingerprint density at radius 1 is 1.42 bits per heavy atom. The van der Waals surface area contributed by atoms with Crippen LogP contribution in [-0.4, -0.2) is 27.9 Å². The van der Waals surface area contributed by atoms with Crippen LogP contribution in [0.25, 0.3) is 0 Å². The molecule has 1 aliphatic carbocycles. The Kier molecular flexibility index (Phi) is 4.29. The number of aryl methyl sites for hydroxylation is 1. The van der Waals surface area contributed by atoms with Crippen molar-refractivity contribution >= 4 is 0 Å². The zero-order chi connectivity index (χ0) is 14.0. The van der Waals surface area contributed by atoms with Crippen molar-refractivity contribution < 1.29 is 0 Å². The molecule has 0 amide bonds. The van der Waals surface area contributed by atoms with Gasteiger partial charge in [-0.25, -0.2) is 4.98 Å². The maximum Gasteiger partial charge on any atom is 0.138 e. The van der Waals surface area contributed by atoms with Gasteiger partial charge in [-0.05, 0) is 37.1 Å². The van der Waals surface area contributed by atoms with Crippen molar-refractivity contribution in [3.05, 3.63) is 12.2 Å². The van der Waals surface area contributed by atoms with Crippen LogP contribution in [0.4, 0.5) is 0 Å². The molecule has 1 heterocycles. The summed E-state index contributed by atoms with van der Waals surface area (Å²) < 4.78 is 1.90. The van der Waals surface area contributed by atoms with Gasteiger partial charge in [-0.1, -0.05) is 27.2 Å². The molecule has 4 nitrogen and oxygen atoms in total. The highest BCUT2D eigenvalue weighted by atomic mass is 15.3. The van der Waals surface area contributed by atoms with E-state index in [-0.39, 0.29) is 5.41 Å². The number of hydrogen-bond acceptors (Lipinski definition) is 3. The Morgan fingerprint density at radius 2 is 2.16 bits per heavy atom. The largest absolute Gasteiger partial charge is 0.317 e. The van der Waals surface area contributed by atoms with E-state index < -0.39 is 0 Å². The molecule has 0 bridgehead atoms. The summed E-state index contributed by atoms with van der Waals surface area (Å²) in [4.78, 5) is 4.39. The van der Waals surface area contributed by atoms with E-state index in [0.29, 0.717) is 12.0 Å². The lowest BCUT2D eigenvalue weighted by atomic mass is 9.65. The van der Waals surface area contributed by atoms with Crippen LogP contribution in [-0.2, 0) is 13.5 Å². The van der Waals surface area contributed by atoms with Crippen LogP contribution in [0.1, 0.15) is 45.9 Å². The lowest BCUT2D eigenvalue weighted by Crippen LogP contribution is -2.46. The first kappa shape index (κ1) is 14.5. The van der Waals surface area contributed by atoms with Gasteiger partial charge in [-0.2, -0.15) is 5.10 Å². The maximum atomic E-state index is 4.39. The van der Waals surface area contributed by atoms with Gasteiger partial charge in [0.25, 0.3) is 0 Å². The summed E-state index contributed by atoms with van der Waals surface area (Å²) in [5.41, 5.74) is 0.259. The van der Waals surface area contributed by atoms with E-state index >= 15 is 0 Å². The van der Waals surface area contributed by atoms with Crippen LogP contribution in [0.5, 0.6) is 0 Å². The maximum absolute atomic E-state index is 4.39. The van der Waals surface area contributed by atoms with Crippen LogP contribution in [0, 0.1) is 17.3 Å². The summed E-state index contributed by atoms with van der Waals surface area (Å²) in [7, 11) is 4.09. The van der Waals surface area contributed by atoms with Crippen molar-refractivity contribution in [2.75, 3.05) is 7.05 Å². The van der Waals surface area contributed by atoms with E-state index in [1.807, 2.05) is 11.7 Å². The minimum Gasteiger partial charge on any atom is -0.317 e. The third-order valence-corrected chi connectivity index (χ3v) is 4.91. The molecule has 3 unspecified atom stereocenters. The molecule has 0 radical (unpaired) electrons. The molecule has 1 fully saturated rings. The summed E-state index contributed by atoms with van der Waals surface area (Å²) in [5.74, 6) is 2.66. The number of nitrogens with one attached hydrogen (secondary N) is 1. The average Bonchev–Trinajstić information content (AvgIpc) is 2.74. The molecule has 1 N–H and O–H groups in total. The van der Waals surface area contributed by atoms with Crippen LogP contribution in [0.15, 0.2) is 6.33 Å². The van der Waals surface area contributed by atoms with Gasteiger partial charge in [0.15, 0.2) is 0 Å². The number of rotatable bonds is 4. The fourth-order valence-corrected chi connectivity index (χ4v) is 3.65. The molecule has 1 saturated carbocycles. The van der Waals surface area contributed by atoms with Crippen molar-refractivity contribution in [1.82, 2.24) is 20.1 Å². The zero-order valence-electron chi connectivity index (χ0n) is 13.0. The molecule has 19 heavy (non-hydrogen) atoms. The molecule has 0 spiro atoms. The lowest BCUT2D eigenvalue weighted by Gasteiger charge is -2.44. The molecule has 108 valence electrons. The summed E-state index contributed by atoms with van der Waals surface area (Å²) in [5, 5.41) is 7.73. The second kappa shape index (κ2) is 5.61. The molecule has 0 saturated heterocycles. The van der Waals surface area contributed by atoms with Crippen LogP contribution in [0.3, 0.4) is 0 Å². The van der Waals surface area contributed by atoms with Gasteiger partial charge in [-0.3, -0.25) is 4.68 Å². The Morgan fingerprint density at radius 3 is 2.74 bits per heavy atom. The highest BCUT2D eigenvalue weighted by molar-refractivity contribution is 4.97. The summed E-state index contributed by atoms with van der Waals surface area (Å²) in [6, 6.07) is 0.631. The molecule has 2 rings (SSSR count). The number of hydrogen-bond donors (Lipinski definition) is 1. The first-order chi connectivity index (χ1) is 8.94. The first-order valence-electron chi connectivity index (χ1n) is 7.44. The van der Waals surface area contributed by atoms with Gasteiger partial charge in [-0.15, -0.1) is 0 Å². The van der Waals surface area contributed by atoms with Gasteiger partial charge in [0, 0.05) is 19.5 Å². The quantitative estimate of drug-likeness (QED) is 0.908. The summed E-state index contributed by atoms with van der Waals surface area (Å²) in [6.07, 6.45) is 6.62. The summed E-state index contributed by atoms with van der Waals surface area (Å²) >= 11 is 0. The molecule has 1 aromatic rings. The molecule has 0 aliphatic heterocycles. The predicted molar refractivity (Wildman–Crippen MR) is 77.8 cm³/mol. The van der Waals surface area contributed by atoms with E-state index in [1.54, 1.807) is 6.33 Å². The average molecular weight is 264 g/mol. The van der Waals surface area contributed by atoms with E-state index in [4.69, 9.17) is 0 Å². The van der Waals surface area contributed by atoms with Crippen LogP contribution in [0.2, 0.25) is 0 Å². The Hall–Kier alpha value is -0.900. The topological polar surface area (TPSA) is 42.7 Å². The molecule has 3 atom stereocenters. The predicted octanol–water partition coefficient (Wildman–Crippen LogP) is 2.41. The molecular weight excluding hydrogens is 236 g/mol. The van der Waals surface area contributed by atoms with Gasteiger partial charge >= 0.3 is 0 Å². The fraction of sp³-hybridized carbons (Fsp3) is 0.867.